The maximum Gasteiger partial charge on any atom is 0.234 e. The van der Waals surface area contributed by atoms with E-state index in [-0.39, 0.29) is 5.91 Å². The number of carbonyl (C=O) groups is 1. The van der Waals surface area contributed by atoms with Crippen molar-refractivity contribution >= 4 is 23.4 Å². The number of anilines is 1. The second kappa shape index (κ2) is 8.49. The second-order valence-electron chi connectivity index (χ2n) is 9.77. The van der Waals surface area contributed by atoms with Crippen molar-refractivity contribution in [3.05, 3.63) is 30.1 Å². The number of amides is 1. The summed E-state index contributed by atoms with van der Waals surface area (Å²) in [6, 6.07) is 7.46. The molecule has 31 heavy (non-hydrogen) atoms. The number of benzene rings is 1. The Labute approximate surface area is 188 Å². The van der Waals surface area contributed by atoms with E-state index < -0.39 is 0 Å². The van der Waals surface area contributed by atoms with Crippen LogP contribution in [0.4, 0.5) is 5.69 Å². The van der Waals surface area contributed by atoms with E-state index in [0.29, 0.717) is 22.6 Å². The number of ether oxygens (including phenoxy) is 1. The highest BCUT2D eigenvalue weighted by atomic mass is 32.2. The number of methoxy groups -OCH3 is 1. The Morgan fingerprint density at radius 2 is 1.84 bits per heavy atom. The van der Waals surface area contributed by atoms with Crippen LogP contribution in [0.3, 0.4) is 0 Å². The molecule has 1 amide bonds. The summed E-state index contributed by atoms with van der Waals surface area (Å²) in [5.74, 6) is 4.83. The Hall–Kier alpha value is -2.02. The lowest BCUT2D eigenvalue weighted by Crippen LogP contribution is -2.47. The Morgan fingerprint density at radius 1 is 1.16 bits per heavy atom. The van der Waals surface area contributed by atoms with Crippen LogP contribution in [-0.2, 0) is 17.8 Å². The summed E-state index contributed by atoms with van der Waals surface area (Å²) in [5.41, 5.74) is 1.13. The molecule has 4 aliphatic carbocycles. The molecule has 0 radical (unpaired) electrons. The molecule has 4 aliphatic rings. The molecule has 1 aromatic carbocycles. The van der Waals surface area contributed by atoms with Gasteiger partial charge in [0.15, 0.2) is 5.16 Å². The van der Waals surface area contributed by atoms with E-state index in [4.69, 9.17) is 4.74 Å². The van der Waals surface area contributed by atoms with Gasteiger partial charge < -0.3 is 14.6 Å². The number of hydrogen-bond acceptors (Lipinski definition) is 5. The van der Waals surface area contributed by atoms with E-state index >= 15 is 0 Å². The van der Waals surface area contributed by atoms with Gasteiger partial charge in [-0.1, -0.05) is 23.9 Å². The first-order valence-electron chi connectivity index (χ1n) is 11.5. The lowest BCUT2D eigenvalue weighted by molar-refractivity contribution is -0.113. The Kier molecular flexibility index (Phi) is 5.71. The predicted octanol–water partition coefficient (Wildman–Crippen LogP) is 4.80. The Morgan fingerprint density at radius 3 is 2.48 bits per heavy atom. The summed E-state index contributed by atoms with van der Waals surface area (Å²) in [7, 11) is 1.61. The molecule has 1 aromatic heterocycles. The van der Waals surface area contributed by atoms with Crippen LogP contribution >= 0.6 is 11.8 Å². The fourth-order valence-corrected chi connectivity index (χ4v) is 7.60. The zero-order chi connectivity index (χ0) is 21.4. The fraction of sp³-hybridized carbons (Fsp3) is 0.625. The maximum absolute atomic E-state index is 12.5. The fourth-order valence-electron chi connectivity index (χ4n) is 6.78. The number of nitrogens with one attached hydrogen (secondary N) is 1. The van der Waals surface area contributed by atoms with Gasteiger partial charge in [0.2, 0.25) is 5.91 Å². The molecular formula is C24H32N4O2S. The second-order valence-corrected chi connectivity index (χ2v) is 10.7. The van der Waals surface area contributed by atoms with Gasteiger partial charge in [-0.15, -0.1) is 10.2 Å². The van der Waals surface area contributed by atoms with Crippen molar-refractivity contribution in [3.8, 4) is 5.75 Å². The molecule has 4 bridgehead atoms. The van der Waals surface area contributed by atoms with Gasteiger partial charge in [-0.2, -0.15) is 0 Å². The molecule has 1 N–H and O–H groups in total. The van der Waals surface area contributed by atoms with Crippen molar-refractivity contribution in [2.24, 2.45) is 23.2 Å². The highest BCUT2D eigenvalue weighted by molar-refractivity contribution is 7.99. The molecule has 0 saturated heterocycles. The van der Waals surface area contributed by atoms with Crippen LogP contribution < -0.4 is 10.1 Å². The van der Waals surface area contributed by atoms with Crippen LogP contribution in [-0.4, -0.2) is 33.5 Å². The SMILES string of the molecule is CCn1c(CC23CC4CC(CC(C4)C2)C3)nnc1SCC(=O)Nc1ccccc1OC. The monoisotopic (exact) mass is 440 g/mol. The van der Waals surface area contributed by atoms with Gasteiger partial charge in [-0.05, 0) is 80.8 Å². The molecule has 166 valence electrons. The summed E-state index contributed by atoms with van der Waals surface area (Å²) >= 11 is 1.46. The van der Waals surface area contributed by atoms with Gasteiger partial charge in [0.05, 0.1) is 18.6 Å². The number of rotatable bonds is 8. The van der Waals surface area contributed by atoms with Gasteiger partial charge in [-0.3, -0.25) is 4.79 Å². The molecule has 6 nitrogen and oxygen atoms in total. The van der Waals surface area contributed by atoms with Gasteiger partial charge in [0, 0.05) is 13.0 Å². The normalized spacial score (nSPS) is 28.6. The summed E-state index contributed by atoms with van der Waals surface area (Å²) in [4.78, 5) is 12.5. The molecule has 2 aromatic rings. The van der Waals surface area contributed by atoms with Crippen LogP contribution in [0.25, 0.3) is 0 Å². The highest BCUT2D eigenvalue weighted by Gasteiger charge is 2.51. The Balaban J connectivity index is 1.24. The maximum atomic E-state index is 12.5. The first-order valence-corrected chi connectivity index (χ1v) is 12.5. The van der Waals surface area contributed by atoms with Crippen molar-refractivity contribution in [3.63, 3.8) is 0 Å². The average molecular weight is 441 g/mol. The molecule has 4 fully saturated rings. The van der Waals surface area contributed by atoms with Gasteiger partial charge in [0.1, 0.15) is 11.6 Å². The first kappa shape index (κ1) is 20.9. The number of aromatic nitrogens is 3. The zero-order valence-corrected chi connectivity index (χ0v) is 19.3. The summed E-state index contributed by atoms with van der Waals surface area (Å²) < 4.78 is 7.54. The van der Waals surface area contributed by atoms with Crippen LogP contribution in [0.1, 0.15) is 51.3 Å². The van der Waals surface area contributed by atoms with E-state index in [1.165, 1.54) is 50.3 Å². The minimum absolute atomic E-state index is 0.0669. The molecule has 7 heteroatoms. The third kappa shape index (κ3) is 4.21. The van der Waals surface area contributed by atoms with E-state index in [0.717, 1.165) is 41.7 Å². The summed E-state index contributed by atoms with van der Waals surface area (Å²) in [6.07, 6.45) is 9.55. The van der Waals surface area contributed by atoms with E-state index in [2.05, 4.69) is 27.0 Å². The smallest absolute Gasteiger partial charge is 0.234 e. The van der Waals surface area contributed by atoms with Crippen molar-refractivity contribution < 1.29 is 9.53 Å². The van der Waals surface area contributed by atoms with Gasteiger partial charge in [0.25, 0.3) is 0 Å². The number of para-hydroxylation sites is 2. The molecule has 1 heterocycles. The minimum Gasteiger partial charge on any atom is -0.495 e. The summed E-state index contributed by atoms with van der Waals surface area (Å²) in [6.45, 7) is 2.98. The molecule has 0 aliphatic heterocycles. The van der Waals surface area contributed by atoms with Gasteiger partial charge >= 0.3 is 0 Å². The van der Waals surface area contributed by atoms with Crippen molar-refractivity contribution in [2.45, 2.75) is 63.6 Å². The van der Waals surface area contributed by atoms with E-state index in [1.54, 1.807) is 7.11 Å². The molecular weight excluding hydrogens is 408 g/mol. The molecule has 0 unspecified atom stereocenters. The zero-order valence-electron chi connectivity index (χ0n) is 18.5. The van der Waals surface area contributed by atoms with Crippen LogP contribution in [0.15, 0.2) is 29.4 Å². The van der Waals surface area contributed by atoms with Crippen LogP contribution in [0.5, 0.6) is 5.75 Å². The number of carbonyl (C=O) groups excluding carboxylic acids is 1. The van der Waals surface area contributed by atoms with Gasteiger partial charge in [-0.25, -0.2) is 0 Å². The largest absolute Gasteiger partial charge is 0.495 e. The average Bonchev–Trinajstić information content (AvgIpc) is 3.12. The highest BCUT2D eigenvalue weighted by Crippen LogP contribution is 2.61. The lowest BCUT2D eigenvalue weighted by Gasteiger charge is -2.56. The summed E-state index contributed by atoms with van der Waals surface area (Å²) in [5, 5.41) is 12.8. The lowest BCUT2D eigenvalue weighted by atomic mass is 9.49. The number of thioether (sulfide) groups is 1. The Bertz CT molecular complexity index is 922. The van der Waals surface area contributed by atoms with E-state index in [1.807, 2.05) is 24.3 Å². The third-order valence-corrected chi connectivity index (χ3v) is 8.49. The molecule has 6 rings (SSSR count). The first-order chi connectivity index (χ1) is 15.1. The number of hydrogen-bond donors (Lipinski definition) is 1. The topological polar surface area (TPSA) is 69.0 Å². The van der Waals surface area contributed by atoms with E-state index in [9.17, 15) is 4.79 Å². The van der Waals surface area contributed by atoms with Crippen molar-refractivity contribution in [2.75, 3.05) is 18.2 Å². The van der Waals surface area contributed by atoms with Crippen LogP contribution in [0, 0.1) is 23.2 Å². The molecule has 0 spiro atoms. The predicted molar refractivity (Wildman–Crippen MR) is 122 cm³/mol. The standard InChI is InChI=1S/C24H32N4O2S/c1-3-28-21(14-24-11-16-8-17(12-24)10-18(9-16)13-24)26-27-23(28)31-15-22(29)25-19-6-4-5-7-20(19)30-2/h4-7,16-18H,3,8-15H2,1-2H3,(H,25,29). The van der Waals surface area contributed by atoms with Crippen molar-refractivity contribution in [1.29, 1.82) is 0 Å². The van der Waals surface area contributed by atoms with Crippen LogP contribution in [0.2, 0.25) is 0 Å². The third-order valence-electron chi connectivity index (χ3n) is 7.52. The molecule has 4 saturated carbocycles. The molecule has 0 atom stereocenters. The number of nitrogens with zero attached hydrogens (tertiary/aromatic N) is 3. The van der Waals surface area contributed by atoms with Crippen molar-refractivity contribution in [1.82, 2.24) is 14.8 Å². The quantitative estimate of drug-likeness (QED) is 0.598. The minimum atomic E-state index is -0.0669.